The van der Waals surface area contributed by atoms with Crippen LogP contribution in [0.15, 0.2) is 83.9 Å². The van der Waals surface area contributed by atoms with E-state index in [1.807, 2.05) is 36.4 Å². The van der Waals surface area contributed by atoms with Crippen molar-refractivity contribution >= 4 is 26.6 Å². The molecular formula is C26H25N3O6S. The number of aryl methyl sites for hydroxylation is 1. The zero-order valence-electron chi connectivity index (χ0n) is 19.7. The van der Waals surface area contributed by atoms with Gasteiger partial charge in [-0.2, -0.15) is 0 Å². The first-order chi connectivity index (χ1) is 17.1. The first-order valence-corrected chi connectivity index (χ1v) is 13.0. The summed E-state index contributed by atoms with van der Waals surface area (Å²) in [7, 11) is -3.85. The number of carbonyl (C=O) groups excluding carboxylic acids is 1. The number of sulfone groups is 1. The molecule has 2 N–H and O–H groups in total. The van der Waals surface area contributed by atoms with E-state index in [0.29, 0.717) is 17.1 Å². The van der Waals surface area contributed by atoms with Gasteiger partial charge in [-0.25, -0.2) is 13.9 Å². The van der Waals surface area contributed by atoms with Crippen molar-refractivity contribution < 1.29 is 23.2 Å². The number of amides is 1. The number of hydrogen-bond donors (Lipinski definition) is 2. The van der Waals surface area contributed by atoms with E-state index in [1.54, 1.807) is 36.7 Å². The molecule has 2 heterocycles. The van der Waals surface area contributed by atoms with Gasteiger partial charge in [0.25, 0.3) is 11.5 Å². The number of rotatable bonds is 8. The van der Waals surface area contributed by atoms with Gasteiger partial charge < -0.3 is 9.30 Å². The summed E-state index contributed by atoms with van der Waals surface area (Å²) in [6, 6.07) is 20.0. The van der Waals surface area contributed by atoms with Gasteiger partial charge in [0.15, 0.2) is 14.6 Å². The topological polar surface area (TPSA) is 128 Å². The van der Waals surface area contributed by atoms with Crippen molar-refractivity contribution in [1.29, 1.82) is 0 Å². The normalized spacial score (nSPS) is 13.2. The molecule has 186 valence electrons. The number of ether oxygens (including phenoxy) is 1. The number of carbonyl (C=O) groups is 1. The van der Waals surface area contributed by atoms with Gasteiger partial charge in [0, 0.05) is 36.6 Å². The molecule has 2 aromatic carbocycles. The fourth-order valence-electron chi connectivity index (χ4n) is 3.79. The van der Waals surface area contributed by atoms with Gasteiger partial charge in [-0.3, -0.25) is 19.8 Å². The third-order valence-electron chi connectivity index (χ3n) is 6.25. The molecule has 0 aliphatic heterocycles. The summed E-state index contributed by atoms with van der Waals surface area (Å²) in [4.78, 5) is 29.0. The molecule has 1 atom stereocenters. The molecule has 0 spiro atoms. The third-order valence-corrected chi connectivity index (χ3v) is 8.28. The Labute approximate surface area is 207 Å². The highest BCUT2D eigenvalue weighted by molar-refractivity contribution is 7.92. The summed E-state index contributed by atoms with van der Waals surface area (Å²) in [5.41, 5.74) is 3.36. The Kier molecular flexibility index (Phi) is 6.91. The van der Waals surface area contributed by atoms with E-state index < -0.39 is 20.5 Å². The molecule has 9 nitrogen and oxygen atoms in total. The van der Waals surface area contributed by atoms with Gasteiger partial charge >= 0.3 is 0 Å². The predicted octanol–water partition coefficient (Wildman–Crippen LogP) is 3.55. The lowest BCUT2D eigenvalue weighted by Gasteiger charge is -2.25. The number of nitrogens with one attached hydrogen (secondary N) is 1. The molecule has 1 amide bonds. The van der Waals surface area contributed by atoms with Crippen molar-refractivity contribution in [3.63, 3.8) is 0 Å². The molecule has 4 rings (SSSR count). The lowest BCUT2D eigenvalue weighted by Crippen LogP contribution is -2.49. The van der Waals surface area contributed by atoms with E-state index in [1.165, 1.54) is 23.0 Å². The van der Waals surface area contributed by atoms with Gasteiger partial charge in [0.1, 0.15) is 11.5 Å². The molecule has 0 fully saturated rings. The van der Waals surface area contributed by atoms with Gasteiger partial charge in [0.05, 0.1) is 5.52 Å². The molecule has 0 aliphatic carbocycles. The van der Waals surface area contributed by atoms with Crippen LogP contribution in [0.2, 0.25) is 0 Å². The van der Waals surface area contributed by atoms with Gasteiger partial charge in [-0.15, -0.1) is 0 Å². The minimum atomic E-state index is -3.85. The molecule has 0 saturated carbocycles. The van der Waals surface area contributed by atoms with E-state index in [0.717, 1.165) is 22.7 Å². The summed E-state index contributed by atoms with van der Waals surface area (Å²) >= 11 is 0. The van der Waals surface area contributed by atoms with Crippen LogP contribution in [0.5, 0.6) is 11.5 Å². The Hall–Kier alpha value is -4.02. The molecule has 2 aromatic heterocycles. The van der Waals surface area contributed by atoms with Crippen LogP contribution < -0.4 is 15.8 Å². The molecule has 1 unspecified atom stereocenters. The van der Waals surface area contributed by atoms with Crippen LogP contribution in [-0.2, 0) is 21.2 Å². The van der Waals surface area contributed by atoms with Crippen LogP contribution in [0.4, 0.5) is 0 Å². The fraction of sp³-hybridized carbons (Fsp3) is 0.192. The molecule has 4 aromatic rings. The average molecular weight is 508 g/mol. The fourth-order valence-corrected chi connectivity index (χ4v) is 4.64. The van der Waals surface area contributed by atoms with E-state index >= 15 is 0 Å². The number of para-hydroxylation sites is 1. The van der Waals surface area contributed by atoms with Crippen LogP contribution in [0.25, 0.3) is 22.0 Å². The Bertz CT molecular complexity index is 1580. The number of hydrogen-bond acceptors (Lipinski definition) is 7. The second kappa shape index (κ2) is 9.92. The zero-order valence-corrected chi connectivity index (χ0v) is 20.5. The highest BCUT2D eigenvalue weighted by atomic mass is 32.2. The van der Waals surface area contributed by atoms with Crippen molar-refractivity contribution in [2.45, 2.75) is 24.6 Å². The van der Waals surface area contributed by atoms with E-state index in [-0.39, 0.29) is 18.5 Å². The second-order valence-electron chi connectivity index (χ2n) is 8.59. The first kappa shape index (κ1) is 25.1. The van der Waals surface area contributed by atoms with Crippen LogP contribution in [0.1, 0.15) is 13.3 Å². The lowest BCUT2D eigenvalue weighted by atomic mass is 10.1. The maximum Gasteiger partial charge on any atom is 0.264 e. The SMILES string of the molecule is CC(CCn1ccc(-c2ccc(Oc3ccnc4ccccc34)cc2)cc1=O)(C(=O)NO)S(C)(=O)=O. The molecule has 0 aliphatic rings. The number of aromatic nitrogens is 2. The Morgan fingerprint density at radius 2 is 1.81 bits per heavy atom. The average Bonchev–Trinajstić information content (AvgIpc) is 2.87. The zero-order chi connectivity index (χ0) is 25.9. The van der Waals surface area contributed by atoms with Gasteiger partial charge in [0.2, 0.25) is 0 Å². The lowest BCUT2D eigenvalue weighted by molar-refractivity contribution is -0.131. The van der Waals surface area contributed by atoms with Crippen molar-refractivity contribution in [2.24, 2.45) is 0 Å². The minimum absolute atomic E-state index is 0.0250. The smallest absolute Gasteiger partial charge is 0.264 e. The van der Waals surface area contributed by atoms with Crippen LogP contribution in [-0.4, -0.2) is 40.1 Å². The van der Waals surface area contributed by atoms with Crippen LogP contribution >= 0.6 is 0 Å². The molecule has 0 saturated heterocycles. The van der Waals surface area contributed by atoms with Gasteiger partial charge in [-0.05, 0) is 60.9 Å². The number of hydroxylamine groups is 1. The first-order valence-electron chi connectivity index (χ1n) is 11.1. The number of benzene rings is 2. The van der Waals surface area contributed by atoms with Crippen molar-refractivity contribution in [1.82, 2.24) is 15.0 Å². The molecule has 0 radical (unpaired) electrons. The van der Waals surface area contributed by atoms with Crippen molar-refractivity contribution in [2.75, 3.05) is 6.26 Å². The number of nitrogens with zero attached hydrogens (tertiary/aromatic N) is 2. The van der Waals surface area contributed by atoms with Crippen molar-refractivity contribution in [3.8, 4) is 22.6 Å². The van der Waals surface area contributed by atoms with E-state index in [2.05, 4.69) is 4.98 Å². The monoisotopic (exact) mass is 507 g/mol. The Morgan fingerprint density at radius 1 is 1.08 bits per heavy atom. The minimum Gasteiger partial charge on any atom is -0.457 e. The summed E-state index contributed by atoms with van der Waals surface area (Å²) in [5.74, 6) is 0.273. The van der Waals surface area contributed by atoms with E-state index in [4.69, 9.17) is 9.94 Å². The highest BCUT2D eigenvalue weighted by Gasteiger charge is 2.43. The molecule has 36 heavy (non-hydrogen) atoms. The Balaban J connectivity index is 1.50. The molecule has 0 bridgehead atoms. The second-order valence-corrected chi connectivity index (χ2v) is 11.0. The Morgan fingerprint density at radius 3 is 2.47 bits per heavy atom. The summed E-state index contributed by atoms with van der Waals surface area (Å²) < 4.78 is 29.8. The molecular weight excluding hydrogens is 482 g/mol. The van der Waals surface area contributed by atoms with Crippen molar-refractivity contribution in [3.05, 3.63) is 89.5 Å². The maximum atomic E-state index is 12.7. The van der Waals surface area contributed by atoms with Crippen LogP contribution in [0.3, 0.4) is 0 Å². The number of fused-ring (bicyclic) bond motifs is 1. The predicted molar refractivity (Wildman–Crippen MR) is 136 cm³/mol. The third kappa shape index (κ3) is 5.00. The van der Waals surface area contributed by atoms with Gasteiger partial charge in [-0.1, -0.05) is 24.3 Å². The van der Waals surface area contributed by atoms with E-state index in [9.17, 15) is 18.0 Å². The maximum absolute atomic E-state index is 12.7. The molecule has 10 heteroatoms. The standard InChI is InChI=1S/C26H25N3O6S/c1-26(25(31)28-32,36(2,33)34)13-16-29-15-12-19(17-24(29)30)18-7-9-20(10-8-18)35-23-11-14-27-22-6-4-3-5-21(22)23/h3-12,14-15,17,32H,13,16H2,1-2H3,(H,28,31). The summed E-state index contributed by atoms with van der Waals surface area (Å²) in [5, 5.41) is 9.85. The van der Waals surface area contributed by atoms with Crippen LogP contribution in [0, 0.1) is 0 Å². The largest absolute Gasteiger partial charge is 0.457 e. The highest BCUT2D eigenvalue weighted by Crippen LogP contribution is 2.30. The summed E-state index contributed by atoms with van der Waals surface area (Å²) in [6.07, 6.45) is 3.96. The number of pyridine rings is 2. The quantitative estimate of drug-likeness (QED) is 0.276. The summed E-state index contributed by atoms with van der Waals surface area (Å²) in [6.45, 7) is 1.19.